The Morgan fingerprint density at radius 1 is 0.574 bits per heavy atom. The van der Waals surface area contributed by atoms with E-state index in [0.29, 0.717) is 6.42 Å². The molecule has 0 aromatic rings. The third-order valence-electron chi connectivity index (χ3n) is 12.0. The number of rotatable bonds is 24. The number of ether oxygens (including phenoxy) is 7. The van der Waals surface area contributed by atoms with Crippen molar-refractivity contribution in [2.24, 2.45) is 23.1 Å². The Kier molecular flexibility index (Phi) is 23.4. The van der Waals surface area contributed by atoms with Gasteiger partial charge in [-0.15, -0.1) is 0 Å². The molecule has 4 saturated heterocycles. The van der Waals surface area contributed by atoms with Gasteiger partial charge in [0.1, 0.15) is 79.4 Å². The highest BCUT2D eigenvalue weighted by Gasteiger charge is 2.55. The van der Waals surface area contributed by atoms with Gasteiger partial charge in [-0.05, 0) is 58.8 Å². The van der Waals surface area contributed by atoms with Crippen molar-refractivity contribution >= 4 is 15.6 Å². The van der Waals surface area contributed by atoms with Crippen molar-refractivity contribution in [3.8, 4) is 0 Å². The maximum absolute atomic E-state index is 12.9. The molecule has 0 aromatic heterocycles. The normalized spacial score (nSPS) is 41.7. The number of aliphatic hydroxyl groups excluding tert-OH is 10. The summed E-state index contributed by atoms with van der Waals surface area (Å²) in [6.07, 6.45) is -21.1. The molecule has 0 amide bonds. The van der Waals surface area contributed by atoms with Gasteiger partial charge in [0, 0.05) is 0 Å². The summed E-state index contributed by atoms with van der Waals surface area (Å²) in [5.74, 6) is 0.0520. The molecule has 23 atom stereocenters. The molecule has 68 heavy (non-hydrogen) atoms. The van der Waals surface area contributed by atoms with E-state index < -0.39 is 165 Å². The SMILES string of the molecule is CC(C)=CCCC(C)=CCCC(C)CCOP(=O)(O)OP(=O)(O)OC1OC(CO)C(OC2OC(CO)C(OC3OC(CO)C(OC4OC(CO)C(O)C(O)C4O)C(O)C3N)C(O)C2N)C(O)C1N. The van der Waals surface area contributed by atoms with Crippen molar-refractivity contribution in [3.63, 3.8) is 0 Å². The quantitative estimate of drug-likeness (QED) is 0.0323. The lowest BCUT2D eigenvalue weighted by Crippen LogP contribution is -2.70. The topological polar surface area (TPSA) is 447 Å². The van der Waals surface area contributed by atoms with Crippen molar-refractivity contribution in [1.29, 1.82) is 0 Å². The minimum atomic E-state index is -5.54. The Morgan fingerprint density at radius 2 is 1.01 bits per heavy atom. The first-order valence-corrected chi connectivity index (χ1v) is 25.2. The van der Waals surface area contributed by atoms with Gasteiger partial charge in [0.2, 0.25) is 0 Å². The van der Waals surface area contributed by atoms with Crippen LogP contribution in [-0.4, -0.2) is 217 Å². The first-order valence-electron chi connectivity index (χ1n) is 22.2. The zero-order valence-corrected chi connectivity index (χ0v) is 40.0. The van der Waals surface area contributed by atoms with E-state index in [9.17, 15) is 70.0 Å². The number of hydrogen-bond acceptors (Lipinski definition) is 25. The van der Waals surface area contributed by atoms with Crippen LogP contribution in [0, 0.1) is 5.92 Å². The van der Waals surface area contributed by atoms with E-state index in [2.05, 4.69) is 16.5 Å². The summed E-state index contributed by atoms with van der Waals surface area (Å²) in [4.78, 5) is 20.6. The average Bonchev–Trinajstić information content (AvgIpc) is 3.27. The highest BCUT2D eigenvalue weighted by Crippen LogP contribution is 2.61. The van der Waals surface area contributed by atoms with Gasteiger partial charge in [0.05, 0.1) is 51.2 Å². The average molecular weight is 1030 g/mol. The fraction of sp³-hybridized carbons (Fsp3) is 0.897. The molecule has 4 aliphatic rings. The molecule has 18 N–H and O–H groups in total. The van der Waals surface area contributed by atoms with Crippen LogP contribution >= 0.6 is 15.6 Å². The van der Waals surface area contributed by atoms with Gasteiger partial charge in [-0.3, -0.25) is 9.05 Å². The van der Waals surface area contributed by atoms with Gasteiger partial charge in [-0.2, -0.15) is 4.31 Å². The Balaban J connectivity index is 1.31. The third kappa shape index (κ3) is 16.0. The molecule has 0 spiro atoms. The fourth-order valence-corrected chi connectivity index (χ4v) is 10.0. The largest absolute Gasteiger partial charge is 0.483 e. The van der Waals surface area contributed by atoms with Crippen LogP contribution in [0.1, 0.15) is 59.8 Å². The molecular weight excluding hydrogens is 956 g/mol. The van der Waals surface area contributed by atoms with Crippen molar-refractivity contribution in [1.82, 2.24) is 0 Å². The van der Waals surface area contributed by atoms with E-state index in [0.717, 1.165) is 25.7 Å². The van der Waals surface area contributed by atoms with Crippen LogP contribution in [0.3, 0.4) is 0 Å². The van der Waals surface area contributed by atoms with E-state index in [-0.39, 0.29) is 12.5 Å². The molecule has 4 aliphatic heterocycles. The van der Waals surface area contributed by atoms with E-state index in [1.165, 1.54) is 11.1 Å². The van der Waals surface area contributed by atoms with E-state index >= 15 is 0 Å². The zero-order chi connectivity index (χ0) is 50.8. The number of phosphoric ester groups is 2. The van der Waals surface area contributed by atoms with E-state index in [1.54, 1.807) is 0 Å². The summed E-state index contributed by atoms with van der Waals surface area (Å²) in [5.41, 5.74) is 21.0. The van der Waals surface area contributed by atoms with Gasteiger partial charge in [0.25, 0.3) is 0 Å². The monoisotopic (exact) mass is 1030 g/mol. The summed E-state index contributed by atoms with van der Waals surface area (Å²) in [7, 11) is -10.8. The Labute approximate surface area is 393 Å². The summed E-state index contributed by atoms with van der Waals surface area (Å²) >= 11 is 0. The van der Waals surface area contributed by atoms with Crippen molar-refractivity contribution in [2.75, 3.05) is 33.0 Å². The Bertz CT molecular complexity index is 1700. The zero-order valence-electron chi connectivity index (χ0n) is 38.2. The van der Waals surface area contributed by atoms with Crippen LogP contribution < -0.4 is 17.2 Å². The molecular formula is C39H73N3O24P2. The maximum Gasteiger partial charge on any atom is 0.483 e. The summed E-state index contributed by atoms with van der Waals surface area (Å²) in [6.45, 7) is 4.21. The molecule has 4 fully saturated rings. The molecule has 4 rings (SSSR count). The van der Waals surface area contributed by atoms with Gasteiger partial charge in [-0.25, -0.2) is 9.13 Å². The van der Waals surface area contributed by atoms with Gasteiger partial charge in [0.15, 0.2) is 25.2 Å². The summed E-state index contributed by atoms with van der Waals surface area (Å²) < 4.78 is 79.4. The van der Waals surface area contributed by atoms with Crippen LogP contribution in [0.5, 0.6) is 0 Å². The molecule has 0 bridgehead atoms. The predicted octanol–water partition coefficient (Wildman–Crippen LogP) is -4.09. The van der Waals surface area contributed by atoms with E-state index in [1.807, 2.05) is 27.7 Å². The molecule has 29 heteroatoms. The lowest BCUT2D eigenvalue weighted by atomic mass is 9.94. The minimum absolute atomic E-state index is 0.0520. The number of hydrogen-bond donors (Lipinski definition) is 15. The molecule has 27 nitrogen and oxygen atoms in total. The lowest BCUT2D eigenvalue weighted by Gasteiger charge is -2.49. The van der Waals surface area contributed by atoms with Crippen LogP contribution in [0.25, 0.3) is 0 Å². The van der Waals surface area contributed by atoms with Crippen molar-refractivity contribution in [3.05, 3.63) is 23.3 Å². The van der Waals surface area contributed by atoms with Gasteiger partial charge in [-0.1, -0.05) is 30.2 Å². The van der Waals surface area contributed by atoms with Crippen LogP contribution in [0.4, 0.5) is 0 Å². The molecule has 4 heterocycles. The van der Waals surface area contributed by atoms with Crippen LogP contribution in [0.2, 0.25) is 0 Å². The molecule has 398 valence electrons. The standard InChI is InChI=1S/C39H73N3O24P2/c1-17(2)7-5-8-18(3)9-6-10-19(4)11-12-57-67(53,54)66-68(55,56)65-38-26(42)30(50)34(23(16-46)61-38)63-36-24(40)28(48)33(21(14-44)59-36)62-37-25(41)29(49)35(22(15-45)60-37)64-39-32(52)31(51)27(47)20(13-43)58-39/h7,9,19-39,43-52H,5-6,8,10-16,40-42H2,1-4H3,(H,53,54)(H,55,56). The minimum Gasteiger partial charge on any atom is -0.394 e. The van der Waals surface area contributed by atoms with Gasteiger partial charge < -0.3 is 111 Å². The number of nitrogens with two attached hydrogens (primary N) is 3. The Morgan fingerprint density at radius 3 is 1.49 bits per heavy atom. The van der Waals surface area contributed by atoms with Crippen LogP contribution in [-0.2, 0) is 55.6 Å². The number of allylic oxidation sites excluding steroid dienone is 4. The maximum atomic E-state index is 12.9. The third-order valence-corrected chi connectivity index (χ3v) is 14.6. The first-order chi connectivity index (χ1) is 31.9. The fourth-order valence-electron chi connectivity index (χ4n) is 7.87. The van der Waals surface area contributed by atoms with Crippen LogP contribution in [0.15, 0.2) is 23.3 Å². The second-order valence-corrected chi connectivity index (χ2v) is 20.7. The second kappa shape index (κ2) is 26.8. The number of phosphoric acid groups is 2. The molecule has 23 unspecified atom stereocenters. The molecule has 0 saturated carbocycles. The molecule has 0 aromatic carbocycles. The van der Waals surface area contributed by atoms with E-state index in [4.69, 9.17) is 59.4 Å². The van der Waals surface area contributed by atoms with Crippen molar-refractivity contribution < 1.29 is 116 Å². The van der Waals surface area contributed by atoms with Gasteiger partial charge >= 0.3 is 15.6 Å². The summed E-state index contributed by atoms with van der Waals surface area (Å²) in [6, 6.07) is -4.94. The first kappa shape index (κ1) is 59.5. The Hall–Kier alpha value is -1.06. The molecule has 0 aliphatic carbocycles. The number of aliphatic hydroxyl groups is 10. The van der Waals surface area contributed by atoms with Crippen molar-refractivity contribution in [2.45, 2.75) is 182 Å². The lowest BCUT2D eigenvalue weighted by molar-refractivity contribution is -0.364. The predicted molar refractivity (Wildman–Crippen MR) is 231 cm³/mol. The smallest absolute Gasteiger partial charge is 0.394 e. The molecule has 0 radical (unpaired) electrons. The second-order valence-electron chi connectivity index (χ2n) is 17.7. The highest BCUT2D eigenvalue weighted by molar-refractivity contribution is 7.61. The summed E-state index contributed by atoms with van der Waals surface area (Å²) in [5, 5.41) is 104. The highest BCUT2D eigenvalue weighted by atomic mass is 31.3.